The van der Waals surface area contributed by atoms with Gasteiger partial charge < -0.3 is 31.3 Å². The van der Waals surface area contributed by atoms with E-state index in [0.29, 0.717) is 0 Å². The van der Waals surface area contributed by atoms with E-state index >= 15 is 0 Å². The first kappa shape index (κ1) is 15.7. The second-order valence-electron chi connectivity index (χ2n) is 2.60. The molecule has 2 atom stereocenters. The number of rotatable bonds is 4. The first-order valence-electron chi connectivity index (χ1n) is 3.88. The Morgan fingerprint density at radius 1 is 1.14 bits per heavy atom. The lowest BCUT2D eigenvalue weighted by atomic mass is 10.1. The smallest absolute Gasteiger partial charge is 0.214 e. The summed E-state index contributed by atoms with van der Waals surface area (Å²) in [7, 11) is 0. The van der Waals surface area contributed by atoms with Gasteiger partial charge in [-0.2, -0.15) is 0 Å². The SMILES string of the molecule is CC(N)=O.OCC(O)C(O)C(O)CO. The Balaban J connectivity index is 0. The zero-order chi connectivity index (χ0) is 11.7. The number of carbonyl (C=O) groups excluding carboxylic acids is 1. The van der Waals surface area contributed by atoms with Crippen LogP contribution >= 0.6 is 0 Å². The maximum atomic E-state index is 9.22. The molecule has 0 saturated heterocycles. The van der Waals surface area contributed by atoms with Gasteiger partial charge >= 0.3 is 0 Å². The molecule has 0 spiro atoms. The molecule has 0 aliphatic heterocycles. The summed E-state index contributed by atoms with van der Waals surface area (Å²) in [6.45, 7) is 0.0243. The van der Waals surface area contributed by atoms with Crippen LogP contribution in [0.3, 0.4) is 0 Å². The number of primary amides is 1. The Hall–Kier alpha value is -0.730. The molecule has 0 fully saturated rings. The molecular formula is C7H17NO6. The Morgan fingerprint density at radius 2 is 1.36 bits per heavy atom. The summed E-state index contributed by atoms with van der Waals surface area (Å²) in [5, 5.41) is 42.6. The van der Waals surface area contributed by atoms with E-state index in [1.165, 1.54) is 6.92 Å². The first-order valence-corrected chi connectivity index (χ1v) is 3.88. The van der Waals surface area contributed by atoms with Crippen LogP contribution in [0.1, 0.15) is 6.92 Å². The number of hydrogen-bond donors (Lipinski definition) is 6. The molecular weight excluding hydrogens is 194 g/mol. The van der Waals surface area contributed by atoms with Crippen LogP contribution in [0.15, 0.2) is 0 Å². The third-order valence-corrected chi connectivity index (χ3v) is 1.16. The minimum atomic E-state index is -1.49. The van der Waals surface area contributed by atoms with Crippen molar-refractivity contribution < 1.29 is 30.3 Å². The summed E-state index contributed by atoms with van der Waals surface area (Å²) in [5.74, 6) is -0.333. The molecule has 14 heavy (non-hydrogen) atoms. The molecule has 86 valence electrons. The topological polar surface area (TPSA) is 144 Å². The van der Waals surface area contributed by atoms with Crippen LogP contribution < -0.4 is 5.73 Å². The third kappa shape index (κ3) is 9.36. The number of aliphatic hydroxyl groups is 5. The Kier molecular flexibility index (Phi) is 9.94. The maximum Gasteiger partial charge on any atom is 0.214 e. The highest BCUT2D eigenvalue weighted by molar-refractivity contribution is 5.70. The molecule has 0 aromatic carbocycles. The van der Waals surface area contributed by atoms with E-state index in [0.717, 1.165) is 0 Å². The number of hydrogen-bond acceptors (Lipinski definition) is 6. The number of carbonyl (C=O) groups is 1. The molecule has 0 rings (SSSR count). The van der Waals surface area contributed by atoms with Crippen LogP contribution in [-0.2, 0) is 4.79 Å². The summed E-state index contributed by atoms with van der Waals surface area (Å²) < 4.78 is 0. The average molecular weight is 211 g/mol. The van der Waals surface area contributed by atoms with Crippen LogP contribution in [0.5, 0.6) is 0 Å². The van der Waals surface area contributed by atoms with Crippen LogP contribution in [0, 0.1) is 0 Å². The maximum absolute atomic E-state index is 9.22. The van der Waals surface area contributed by atoms with Gasteiger partial charge in [0.15, 0.2) is 0 Å². The van der Waals surface area contributed by atoms with Crippen molar-refractivity contribution in [2.75, 3.05) is 13.2 Å². The highest BCUT2D eigenvalue weighted by Gasteiger charge is 2.22. The van der Waals surface area contributed by atoms with Gasteiger partial charge in [0.05, 0.1) is 13.2 Å². The molecule has 0 aliphatic carbocycles. The number of aliphatic hydroxyl groups excluding tert-OH is 5. The van der Waals surface area contributed by atoms with Crippen LogP contribution in [0.4, 0.5) is 0 Å². The molecule has 0 aliphatic rings. The summed E-state index contributed by atoms with van der Waals surface area (Å²) in [5.41, 5.74) is 4.47. The van der Waals surface area contributed by atoms with Crippen molar-refractivity contribution in [3.05, 3.63) is 0 Å². The molecule has 0 saturated carbocycles. The van der Waals surface area contributed by atoms with Gasteiger partial charge in [0.1, 0.15) is 18.3 Å². The van der Waals surface area contributed by atoms with E-state index in [-0.39, 0.29) is 5.91 Å². The zero-order valence-corrected chi connectivity index (χ0v) is 7.87. The number of amides is 1. The van der Waals surface area contributed by atoms with Crippen molar-refractivity contribution >= 4 is 5.91 Å². The van der Waals surface area contributed by atoms with Gasteiger partial charge in [0.2, 0.25) is 5.91 Å². The zero-order valence-electron chi connectivity index (χ0n) is 7.87. The molecule has 2 unspecified atom stereocenters. The van der Waals surface area contributed by atoms with Crippen molar-refractivity contribution in [3.63, 3.8) is 0 Å². The van der Waals surface area contributed by atoms with Gasteiger partial charge in [0, 0.05) is 6.92 Å². The van der Waals surface area contributed by atoms with Crippen molar-refractivity contribution in [2.45, 2.75) is 25.2 Å². The van der Waals surface area contributed by atoms with E-state index in [9.17, 15) is 4.79 Å². The first-order chi connectivity index (χ1) is 6.36. The molecule has 7 heteroatoms. The van der Waals surface area contributed by atoms with Crippen molar-refractivity contribution in [1.29, 1.82) is 0 Å². The summed E-state index contributed by atoms with van der Waals surface area (Å²) in [6, 6.07) is 0. The fourth-order valence-electron chi connectivity index (χ4n) is 0.472. The lowest BCUT2D eigenvalue weighted by molar-refractivity contribution is -0.115. The van der Waals surface area contributed by atoms with Crippen molar-refractivity contribution in [1.82, 2.24) is 0 Å². The van der Waals surface area contributed by atoms with E-state index in [1.54, 1.807) is 0 Å². The van der Waals surface area contributed by atoms with Crippen LogP contribution in [0.25, 0.3) is 0 Å². The van der Waals surface area contributed by atoms with Gasteiger partial charge in [-0.3, -0.25) is 4.79 Å². The van der Waals surface area contributed by atoms with Gasteiger partial charge in [-0.1, -0.05) is 0 Å². The van der Waals surface area contributed by atoms with Crippen molar-refractivity contribution in [2.24, 2.45) is 5.73 Å². The van der Waals surface area contributed by atoms with E-state index in [1.807, 2.05) is 0 Å². The molecule has 7 nitrogen and oxygen atoms in total. The van der Waals surface area contributed by atoms with Gasteiger partial charge in [-0.05, 0) is 0 Å². The van der Waals surface area contributed by atoms with E-state index < -0.39 is 31.5 Å². The predicted octanol–water partition coefficient (Wildman–Crippen LogP) is -3.45. The lowest BCUT2D eigenvalue weighted by Gasteiger charge is -2.19. The van der Waals surface area contributed by atoms with E-state index in [4.69, 9.17) is 25.5 Å². The monoisotopic (exact) mass is 211 g/mol. The Labute approximate surface area is 81.4 Å². The summed E-state index contributed by atoms with van der Waals surface area (Å²) >= 11 is 0. The predicted molar refractivity (Wildman–Crippen MR) is 47.1 cm³/mol. The molecule has 0 aromatic rings. The molecule has 0 heterocycles. The minimum absolute atomic E-state index is 0.333. The summed E-state index contributed by atoms with van der Waals surface area (Å²) in [4.78, 5) is 9.22. The fraction of sp³-hybridized carbons (Fsp3) is 0.857. The average Bonchev–Trinajstić information content (AvgIpc) is 2.13. The normalized spacial score (nSPS) is 16.1. The fourth-order valence-corrected chi connectivity index (χ4v) is 0.472. The lowest BCUT2D eigenvalue weighted by Crippen LogP contribution is -2.41. The molecule has 0 aromatic heterocycles. The minimum Gasteiger partial charge on any atom is -0.394 e. The second kappa shape index (κ2) is 8.85. The molecule has 0 bridgehead atoms. The summed E-state index contributed by atoms with van der Waals surface area (Å²) in [6.07, 6.45) is -4.29. The largest absolute Gasteiger partial charge is 0.394 e. The van der Waals surface area contributed by atoms with Gasteiger partial charge in [-0.25, -0.2) is 0 Å². The van der Waals surface area contributed by atoms with Crippen molar-refractivity contribution in [3.8, 4) is 0 Å². The highest BCUT2D eigenvalue weighted by Crippen LogP contribution is 1.97. The quantitative estimate of drug-likeness (QED) is 0.285. The van der Waals surface area contributed by atoms with E-state index in [2.05, 4.69) is 5.73 Å². The highest BCUT2D eigenvalue weighted by atomic mass is 16.4. The molecule has 0 radical (unpaired) electrons. The molecule has 7 N–H and O–H groups in total. The number of nitrogens with two attached hydrogens (primary N) is 1. The molecule has 1 amide bonds. The Bertz CT molecular complexity index is 139. The van der Waals surface area contributed by atoms with Gasteiger partial charge in [-0.15, -0.1) is 0 Å². The van der Waals surface area contributed by atoms with Crippen LogP contribution in [0.2, 0.25) is 0 Å². The standard InChI is InChI=1S/C5H12O5.C2H5NO/c6-1-3(8)5(10)4(9)2-7;1-2(3)4/h3-10H,1-2H2;1H3,(H2,3,4). The van der Waals surface area contributed by atoms with Crippen LogP contribution in [-0.4, -0.2) is 63.0 Å². The van der Waals surface area contributed by atoms with Gasteiger partial charge in [0.25, 0.3) is 0 Å². The Morgan fingerprint density at radius 3 is 1.50 bits per heavy atom. The third-order valence-electron chi connectivity index (χ3n) is 1.16. The second-order valence-corrected chi connectivity index (χ2v) is 2.60.